The Bertz CT molecular complexity index is 751. The van der Waals surface area contributed by atoms with Crippen molar-refractivity contribution in [1.29, 1.82) is 0 Å². The average molecular weight is 342 g/mol. The molecule has 1 amide bonds. The monoisotopic (exact) mass is 342 g/mol. The lowest BCUT2D eigenvalue weighted by atomic mass is 10.1. The van der Waals surface area contributed by atoms with E-state index in [1.165, 1.54) is 31.5 Å². The molecule has 2 aromatic heterocycles. The van der Waals surface area contributed by atoms with Crippen molar-refractivity contribution >= 4 is 17.1 Å². The summed E-state index contributed by atoms with van der Waals surface area (Å²) < 4.78 is 7.38. The molecular weight excluding hydrogens is 316 g/mol. The Balaban J connectivity index is 1.62. The molecule has 3 heterocycles. The summed E-state index contributed by atoms with van der Waals surface area (Å²) in [6.07, 6.45) is 8.28. The van der Waals surface area contributed by atoms with Crippen LogP contribution in [0, 0.1) is 0 Å². The fraction of sp³-hybridized carbons (Fsp3) is 0.632. The molecule has 1 aliphatic heterocycles. The van der Waals surface area contributed by atoms with Crippen molar-refractivity contribution < 1.29 is 9.53 Å². The molecule has 25 heavy (non-hydrogen) atoms. The molecule has 6 nitrogen and oxygen atoms in total. The first-order chi connectivity index (χ1) is 12.3. The van der Waals surface area contributed by atoms with Gasteiger partial charge in [0, 0.05) is 32.3 Å². The quantitative estimate of drug-likeness (QED) is 0.838. The fourth-order valence-corrected chi connectivity index (χ4v) is 4.31. The number of carbonyl (C=O) groups is 1. The molecule has 0 spiro atoms. The van der Waals surface area contributed by atoms with Crippen LogP contribution < -0.4 is 0 Å². The molecule has 0 radical (unpaired) electrons. The van der Waals surface area contributed by atoms with Crippen LogP contribution in [-0.2, 0) is 9.53 Å². The molecule has 0 N–H and O–H groups in total. The highest BCUT2D eigenvalue weighted by Crippen LogP contribution is 2.37. The lowest BCUT2D eigenvalue weighted by Gasteiger charge is -2.20. The maximum Gasteiger partial charge on any atom is 0.224 e. The number of pyridine rings is 1. The van der Waals surface area contributed by atoms with E-state index in [9.17, 15) is 4.79 Å². The van der Waals surface area contributed by atoms with Crippen molar-refractivity contribution in [3.63, 3.8) is 0 Å². The number of hydrogen-bond acceptors (Lipinski definition) is 4. The van der Waals surface area contributed by atoms with Gasteiger partial charge in [-0.2, -0.15) is 0 Å². The van der Waals surface area contributed by atoms with Gasteiger partial charge in [-0.3, -0.25) is 4.79 Å². The Morgan fingerprint density at radius 3 is 2.96 bits per heavy atom. The normalized spacial score (nSPS) is 21.5. The van der Waals surface area contributed by atoms with Crippen LogP contribution in [0.4, 0.5) is 0 Å². The van der Waals surface area contributed by atoms with E-state index in [4.69, 9.17) is 9.72 Å². The van der Waals surface area contributed by atoms with E-state index in [0.29, 0.717) is 18.9 Å². The van der Waals surface area contributed by atoms with E-state index in [1.807, 2.05) is 23.2 Å². The number of imidazole rings is 1. The number of likely N-dealkylation sites (tertiary alicyclic amines) is 1. The number of methoxy groups -OCH3 is 1. The van der Waals surface area contributed by atoms with Gasteiger partial charge >= 0.3 is 0 Å². The number of fused-ring (bicyclic) bond motifs is 1. The fourth-order valence-electron chi connectivity index (χ4n) is 4.31. The second-order valence-corrected chi connectivity index (χ2v) is 7.19. The second kappa shape index (κ2) is 7.12. The zero-order valence-electron chi connectivity index (χ0n) is 14.9. The summed E-state index contributed by atoms with van der Waals surface area (Å²) in [6, 6.07) is 4.28. The molecule has 2 aliphatic rings. The lowest BCUT2D eigenvalue weighted by Crippen LogP contribution is -2.30. The van der Waals surface area contributed by atoms with Crippen LogP contribution in [0.1, 0.15) is 56.3 Å². The summed E-state index contributed by atoms with van der Waals surface area (Å²) in [6.45, 7) is 2.05. The van der Waals surface area contributed by atoms with Crippen LogP contribution in [0.15, 0.2) is 18.3 Å². The zero-order valence-corrected chi connectivity index (χ0v) is 14.9. The number of rotatable bonds is 5. The van der Waals surface area contributed by atoms with Gasteiger partial charge in [0.05, 0.1) is 19.1 Å². The Labute approximate surface area is 148 Å². The third kappa shape index (κ3) is 3.15. The average Bonchev–Trinajstić information content (AvgIpc) is 3.37. The number of amides is 1. The number of nitrogens with zero attached hydrogens (tertiary/aromatic N) is 4. The molecule has 1 unspecified atom stereocenters. The van der Waals surface area contributed by atoms with Gasteiger partial charge in [-0.1, -0.05) is 12.8 Å². The molecule has 0 bridgehead atoms. The summed E-state index contributed by atoms with van der Waals surface area (Å²) >= 11 is 0. The molecule has 1 saturated heterocycles. The van der Waals surface area contributed by atoms with Gasteiger partial charge in [-0.15, -0.1) is 0 Å². The number of hydrogen-bond donors (Lipinski definition) is 0. The molecule has 0 aromatic carbocycles. The topological polar surface area (TPSA) is 60.2 Å². The van der Waals surface area contributed by atoms with Crippen molar-refractivity contribution in [2.45, 2.75) is 50.5 Å². The Morgan fingerprint density at radius 2 is 2.16 bits per heavy atom. The van der Waals surface area contributed by atoms with E-state index in [2.05, 4.69) is 9.55 Å². The number of aromatic nitrogens is 3. The van der Waals surface area contributed by atoms with Crippen molar-refractivity contribution in [3.05, 3.63) is 24.2 Å². The summed E-state index contributed by atoms with van der Waals surface area (Å²) in [5, 5.41) is 0. The van der Waals surface area contributed by atoms with Crippen molar-refractivity contribution in [2.24, 2.45) is 0 Å². The minimum absolute atomic E-state index is 0.184. The smallest absolute Gasteiger partial charge is 0.224 e. The van der Waals surface area contributed by atoms with E-state index >= 15 is 0 Å². The van der Waals surface area contributed by atoms with Gasteiger partial charge in [0.15, 0.2) is 5.65 Å². The van der Waals surface area contributed by atoms with Gasteiger partial charge in [0.25, 0.3) is 0 Å². The third-order valence-corrected chi connectivity index (χ3v) is 5.60. The minimum Gasteiger partial charge on any atom is -0.384 e. The molecule has 4 rings (SSSR count). The van der Waals surface area contributed by atoms with Gasteiger partial charge < -0.3 is 14.2 Å². The number of carbonyl (C=O) groups excluding carboxylic acids is 1. The first-order valence-corrected chi connectivity index (χ1v) is 9.37. The number of ether oxygens (including phenoxy) is 1. The molecule has 2 aromatic rings. The molecule has 1 aliphatic carbocycles. The molecular formula is C19H26N4O2. The van der Waals surface area contributed by atoms with Gasteiger partial charge in [-0.25, -0.2) is 9.97 Å². The van der Waals surface area contributed by atoms with Crippen LogP contribution in [-0.4, -0.2) is 52.1 Å². The highest BCUT2D eigenvalue weighted by molar-refractivity contribution is 5.77. The summed E-state index contributed by atoms with van der Waals surface area (Å²) in [7, 11) is 1.64. The SMILES string of the molecule is COCCC(=O)N1CCC(n2c(C3CCCC3)nc3cccnc32)C1. The van der Waals surface area contributed by atoms with E-state index in [0.717, 1.165) is 30.7 Å². The lowest BCUT2D eigenvalue weighted by molar-refractivity contribution is -0.131. The predicted molar refractivity (Wildman–Crippen MR) is 95.5 cm³/mol. The second-order valence-electron chi connectivity index (χ2n) is 7.19. The van der Waals surface area contributed by atoms with Crippen molar-refractivity contribution in [1.82, 2.24) is 19.4 Å². The maximum absolute atomic E-state index is 12.3. The minimum atomic E-state index is 0.184. The summed E-state index contributed by atoms with van der Waals surface area (Å²) in [4.78, 5) is 23.8. The van der Waals surface area contributed by atoms with Gasteiger partial charge in [-0.05, 0) is 31.4 Å². The van der Waals surface area contributed by atoms with Crippen LogP contribution in [0.5, 0.6) is 0 Å². The molecule has 6 heteroatoms. The molecule has 2 fully saturated rings. The van der Waals surface area contributed by atoms with Gasteiger partial charge in [0.1, 0.15) is 11.3 Å². The maximum atomic E-state index is 12.3. The van der Waals surface area contributed by atoms with Crippen molar-refractivity contribution in [3.8, 4) is 0 Å². The van der Waals surface area contributed by atoms with E-state index in [1.54, 1.807) is 7.11 Å². The Hall–Kier alpha value is -1.95. The zero-order chi connectivity index (χ0) is 17.2. The largest absolute Gasteiger partial charge is 0.384 e. The molecule has 1 saturated carbocycles. The van der Waals surface area contributed by atoms with Crippen LogP contribution in [0.2, 0.25) is 0 Å². The Kier molecular flexibility index (Phi) is 4.70. The van der Waals surface area contributed by atoms with Crippen LogP contribution in [0.3, 0.4) is 0 Å². The highest BCUT2D eigenvalue weighted by Gasteiger charge is 2.32. The predicted octanol–water partition coefficient (Wildman–Crippen LogP) is 2.90. The van der Waals surface area contributed by atoms with Crippen LogP contribution in [0.25, 0.3) is 11.2 Å². The van der Waals surface area contributed by atoms with Gasteiger partial charge in [0.2, 0.25) is 5.91 Å². The summed E-state index contributed by atoms with van der Waals surface area (Å²) in [5.41, 5.74) is 1.95. The van der Waals surface area contributed by atoms with E-state index in [-0.39, 0.29) is 11.9 Å². The van der Waals surface area contributed by atoms with E-state index < -0.39 is 0 Å². The Morgan fingerprint density at radius 1 is 1.32 bits per heavy atom. The van der Waals surface area contributed by atoms with Crippen molar-refractivity contribution in [2.75, 3.05) is 26.8 Å². The highest BCUT2D eigenvalue weighted by atomic mass is 16.5. The summed E-state index contributed by atoms with van der Waals surface area (Å²) in [5.74, 6) is 1.90. The standard InChI is InChI=1S/C19H26N4O2/c1-25-12-9-17(24)22-11-8-15(13-22)23-18(14-5-2-3-6-14)21-16-7-4-10-20-19(16)23/h4,7,10,14-15H,2-3,5-6,8-9,11-13H2,1H3. The third-order valence-electron chi connectivity index (χ3n) is 5.60. The first-order valence-electron chi connectivity index (χ1n) is 9.37. The van der Waals surface area contributed by atoms with Crippen LogP contribution >= 0.6 is 0 Å². The molecule has 1 atom stereocenters. The first kappa shape index (κ1) is 16.5. The molecule has 134 valence electrons.